The molecule has 0 bridgehead atoms. The number of carbonyl (C=O) groups is 1. The van der Waals surface area contributed by atoms with E-state index in [4.69, 9.17) is 16.6 Å². The maximum absolute atomic E-state index is 10.0. The fourth-order valence-electron chi connectivity index (χ4n) is 0.461. The molecule has 0 aliphatic carbocycles. The van der Waals surface area contributed by atoms with Gasteiger partial charge >= 0.3 is 5.97 Å². The number of carboxylic acids is 1. The van der Waals surface area contributed by atoms with E-state index in [2.05, 4.69) is 0 Å². The van der Waals surface area contributed by atoms with Gasteiger partial charge in [0.2, 0.25) is 0 Å². The SMILES string of the molecule is NCCCC(N)C(=O)O.O. The Balaban J connectivity index is 0. The van der Waals surface area contributed by atoms with E-state index >= 15 is 0 Å². The quantitative estimate of drug-likeness (QED) is 0.442. The second-order valence-electron chi connectivity index (χ2n) is 1.88. The van der Waals surface area contributed by atoms with Gasteiger partial charge in [0.05, 0.1) is 0 Å². The summed E-state index contributed by atoms with van der Waals surface area (Å²) in [5, 5.41) is 8.24. The zero-order valence-electron chi connectivity index (χ0n) is 5.71. The molecule has 1 unspecified atom stereocenters. The van der Waals surface area contributed by atoms with Crippen LogP contribution >= 0.6 is 0 Å². The van der Waals surface area contributed by atoms with Gasteiger partial charge in [-0.2, -0.15) is 0 Å². The summed E-state index contributed by atoms with van der Waals surface area (Å²) in [6, 6.07) is -0.742. The topological polar surface area (TPSA) is 121 Å². The highest BCUT2D eigenvalue weighted by atomic mass is 16.4. The Kier molecular flexibility index (Phi) is 7.81. The lowest BCUT2D eigenvalue weighted by Crippen LogP contribution is -2.30. The predicted molar refractivity (Wildman–Crippen MR) is 37.5 cm³/mol. The van der Waals surface area contributed by atoms with Gasteiger partial charge in [-0.1, -0.05) is 0 Å². The van der Waals surface area contributed by atoms with Crippen molar-refractivity contribution in [2.24, 2.45) is 11.5 Å². The lowest BCUT2D eigenvalue weighted by molar-refractivity contribution is -0.138. The van der Waals surface area contributed by atoms with Crippen molar-refractivity contribution < 1.29 is 15.4 Å². The molecule has 0 radical (unpaired) electrons. The molecule has 0 rings (SSSR count). The van der Waals surface area contributed by atoms with Gasteiger partial charge in [-0.05, 0) is 19.4 Å². The number of rotatable bonds is 4. The first kappa shape index (κ1) is 12.1. The van der Waals surface area contributed by atoms with E-state index in [1.165, 1.54) is 0 Å². The third kappa shape index (κ3) is 5.49. The van der Waals surface area contributed by atoms with Crippen LogP contribution in [0, 0.1) is 0 Å². The molecular formula is C5H14N2O3. The van der Waals surface area contributed by atoms with E-state index in [1.54, 1.807) is 0 Å². The molecule has 0 aromatic rings. The molecule has 0 heterocycles. The van der Waals surface area contributed by atoms with Crippen LogP contribution in [0.2, 0.25) is 0 Å². The van der Waals surface area contributed by atoms with Crippen molar-refractivity contribution >= 4 is 5.97 Å². The van der Waals surface area contributed by atoms with E-state index in [9.17, 15) is 4.79 Å². The summed E-state index contributed by atoms with van der Waals surface area (Å²) in [5.74, 6) is -0.955. The van der Waals surface area contributed by atoms with Gasteiger partial charge in [-0.25, -0.2) is 0 Å². The molecule has 0 saturated carbocycles. The van der Waals surface area contributed by atoms with E-state index in [1.807, 2.05) is 0 Å². The smallest absolute Gasteiger partial charge is 0.320 e. The molecule has 7 N–H and O–H groups in total. The number of hydrogen-bond acceptors (Lipinski definition) is 3. The summed E-state index contributed by atoms with van der Waals surface area (Å²) in [6.07, 6.45) is 1.14. The fraction of sp³-hybridized carbons (Fsp3) is 0.800. The molecule has 0 amide bonds. The molecule has 1 atom stereocenters. The summed E-state index contributed by atoms with van der Waals surface area (Å²) in [6.45, 7) is 0.501. The molecule has 0 fully saturated rings. The Labute approximate surface area is 59.3 Å². The van der Waals surface area contributed by atoms with Crippen molar-refractivity contribution in [3.05, 3.63) is 0 Å². The Bertz CT molecular complexity index is 96.9. The van der Waals surface area contributed by atoms with Crippen molar-refractivity contribution in [3.8, 4) is 0 Å². The zero-order valence-corrected chi connectivity index (χ0v) is 5.71. The van der Waals surface area contributed by atoms with Crippen LogP contribution in [0.25, 0.3) is 0 Å². The largest absolute Gasteiger partial charge is 0.480 e. The van der Waals surface area contributed by atoms with Crippen LogP contribution in [0.1, 0.15) is 12.8 Å². The monoisotopic (exact) mass is 150 g/mol. The Hall–Kier alpha value is -0.650. The molecule has 5 nitrogen and oxygen atoms in total. The lowest BCUT2D eigenvalue weighted by atomic mass is 10.2. The molecule has 0 aromatic carbocycles. The standard InChI is InChI=1S/C5H12N2O2.H2O/c6-3-1-2-4(7)5(8)9;/h4H,1-3,6-7H2,(H,8,9);1H2. The summed E-state index contributed by atoms with van der Waals surface area (Å²) >= 11 is 0. The zero-order chi connectivity index (χ0) is 7.28. The first-order chi connectivity index (χ1) is 4.18. The fourth-order valence-corrected chi connectivity index (χ4v) is 0.461. The van der Waals surface area contributed by atoms with Crippen LogP contribution in [-0.2, 0) is 4.79 Å². The van der Waals surface area contributed by atoms with Gasteiger partial charge in [0.25, 0.3) is 0 Å². The first-order valence-corrected chi connectivity index (χ1v) is 2.87. The molecule has 0 saturated heterocycles. The van der Waals surface area contributed by atoms with Gasteiger partial charge < -0.3 is 22.1 Å². The molecular weight excluding hydrogens is 136 g/mol. The maximum Gasteiger partial charge on any atom is 0.320 e. The molecule has 10 heavy (non-hydrogen) atoms. The second kappa shape index (κ2) is 6.47. The van der Waals surface area contributed by atoms with E-state index in [0.29, 0.717) is 19.4 Å². The number of hydrogen-bond donors (Lipinski definition) is 3. The van der Waals surface area contributed by atoms with Crippen molar-refractivity contribution in [1.82, 2.24) is 0 Å². The van der Waals surface area contributed by atoms with Crippen LogP contribution in [-0.4, -0.2) is 29.1 Å². The summed E-state index contributed by atoms with van der Waals surface area (Å²) in [5.41, 5.74) is 10.3. The minimum atomic E-state index is -0.955. The summed E-state index contributed by atoms with van der Waals surface area (Å²) in [7, 11) is 0. The maximum atomic E-state index is 10.0. The first-order valence-electron chi connectivity index (χ1n) is 2.87. The van der Waals surface area contributed by atoms with E-state index < -0.39 is 12.0 Å². The minimum absolute atomic E-state index is 0. The average molecular weight is 150 g/mol. The Morgan fingerprint density at radius 3 is 2.40 bits per heavy atom. The van der Waals surface area contributed by atoms with Gasteiger partial charge in [0.1, 0.15) is 6.04 Å². The number of carboxylic acid groups (broad SMARTS) is 1. The molecule has 0 aliphatic rings. The third-order valence-corrected chi connectivity index (χ3v) is 1.04. The highest BCUT2D eigenvalue weighted by Crippen LogP contribution is 1.91. The Morgan fingerprint density at radius 2 is 2.10 bits per heavy atom. The normalized spacial score (nSPS) is 11.8. The van der Waals surface area contributed by atoms with Crippen LogP contribution in [0.5, 0.6) is 0 Å². The lowest BCUT2D eigenvalue weighted by Gasteiger charge is -2.02. The molecule has 0 aliphatic heterocycles. The molecule has 0 aromatic heterocycles. The van der Waals surface area contributed by atoms with Crippen LogP contribution in [0.4, 0.5) is 0 Å². The molecule has 5 heteroatoms. The van der Waals surface area contributed by atoms with E-state index in [-0.39, 0.29) is 5.48 Å². The molecule has 0 spiro atoms. The van der Waals surface area contributed by atoms with Gasteiger partial charge in [-0.15, -0.1) is 0 Å². The highest BCUT2D eigenvalue weighted by molar-refractivity contribution is 5.72. The summed E-state index contributed by atoms with van der Waals surface area (Å²) < 4.78 is 0. The Morgan fingerprint density at radius 1 is 1.60 bits per heavy atom. The van der Waals surface area contributed by atoms with E-state index in [0.717, 1.165) is 0 Å². The van der Waals surface area contributed by atoms with Gasteiger partial charge in [0.15, 0.2) is 0 Å². The van der Waals surface area contributed by atoms with Crippen molar-refractivity contribution in [1.29, 1.82) is 0 Å². The predicted octanol–water partition coefficient (Wildman–Crippen LogP) is -1.69. The van der Waals surface area contributed by atoms with Crippen LogP contribution < -0.4 is 11.5 Å². The van der Waals surface area contributed by atoms with Crippen molar-refractivity contribution in [2.75, 3.05) is 6.54 Å². The van der Waals surface area contributed by atoms with Crippen LogP contribution in [0.15, 0.2) is 0 Å². The van der Waals surface area contributed by atoms with Gasteiger partial charge in [-0.3, -0.25) is 4.79 Å². The number of nitrogens with two attached hydrogens (primary N) is 2. The highest BCUT2D eigenvalue weighted by Gasteiger charge is 2.08. The minimum Gasteiger partial charge on any atom is -0.480 e. The van der Waals surface area contributed by atoms with Crippen molar-refractivity contribution in [3.63, 3.8) is 0 Å². The van der Waals surface area contributed by atoms with Crippen molar-refractivity contribution in [2.45, 2.75) is 18.9 Å². The molecule has 62 valence electrons. The van der Waals surface area contributed by atoms with Gasteiger partial charge in [0, 0.05) is 0 Å². The average Bonchev–Trinajstić information content (AvgIpc) is 1.82. The second-order valence-corrected chi connectivity index (χ2v) is 1.88. The third-order valence-electron chi connectivity index (χ3n) is 1.04. The summed E-state index contributed by atoms with van der Waals surface area (Å²) in [4.78, 5) is 10.0. The number of aliphatic carboxylic acids is 1. The van der Waals surface area contributed by atoms with Crippen LogP contribution in [0.3, 0.4) is 0 Å².